The minimum absolute atomic E-state index is 0.781. The highest BCUT2D eigenvalue weighted by atomic mass is 16.5. The van der Waals surface area contributed by atoms with Crippen molar-refractivity contribution in [3.8, 4) is 0 Å². The summed E-state index contributed by atoms with van der Waals surface area (Å²) in [6.07, 6.45) is 4.49. The molecule has 4 nitrogen and oxygen atoms in total. The largest absolute Gasteiger partial charge is 0.362 e. The number of hydrogen-bond donors (Lipinski definition) is 1. The van der Waals surface area contributed by atoms with E-state index in [1.165, 1.54) is 12.6 Å². The third-order valence-corrected chi connectivity index (χ3v) is 1.39. The Morgan fingerprint density at radius 3 is 3.40 bits per heavy atom. The van der Waals surface area contributed by atoms with Crippen molar-refractivity contribution in [3.05, 3.63) is 18.5 Å². The topological polar surface area (TPSA) is 54.8 Å². The van der Waals surface area contributed by atoms with E-state index in [-0.39, 0.29) is 0 Å². The van der Waals surface area contributed by atoms with Gasteiger partial charge >= 0.3 is 0 Å². The van der Waals surface area contributed by atoms with Crippen LogP contribution in [0.15, 0.2) is 23.0 Å². The molecule has 2 aromatic rings. The van der Waals surface area contributed by atoms with Crippen LogP contribution >= 0.6 is 0 Å². The zero-order valence-electron chi connectivity index (χ0n) is 5.11. The first-order chi connectivity index (χ1) is 4.92. The van der Waals surface area contributed by atoms with E-state index in [9.17, 15) is 0 Å². The van der Waals surface area contributed by atoms with E-state index in [0.29, 0.717) is 0 Å². The lowest BCUT2D eigenvalue weighted by atomic mass is 10.5. The van der Waals surface area contributed by atoms with Crippen LogP contribution in [0.4, 0.5) is 0 Å². The maximum Gasteiger partial charge on any atom is 0.148 e. The maximum absolute atomic E-state index is 6.95. The Morgan fingerprint density at radius 1 is 1.70 bits per heavy atom. The molecule has 50 valence electrons. The predicted molar refractivity (Wildman–Crippen MR) is 36.2 cm³/mol. The van der Waals surface area contributed by atoms with Crippen LogP contribution in [0.25, 0.3) is 11.0 Å². The quantitative estimate of drug-likeness (QED) is 0.470. The standard InChI is InChI=1S/C6H5N3O/c7-4-9-2-1-5-6(9)3-10-8-5/h1-4,7H. The summed E-state index contributed by atoms with van der Waals surface area (Å²) in [5.41, 5.74) is 1.61. The van der Waals surface area contributed by atoms with Gasteiger partial charge in [-0.3, -0.25) is 5.41 Å². The third kappa shape index (κ3) is 0.500. The molecule has 0 spiro atoms. The Hall–Kier alpha value is -1.58. The molecule has 2 rings (SSSR count). The summed E-state index contributed by atoms with van der Waals surface area (Å²) < 4.78 is 6.30. The van der Waals surface area contributed by atoms with Gasteiger partial charge in [-0.25, -0.2) is 0 Å². The highest BCUT2D eigenvalue weighted by molar-refractivity contribution is 5.81. The van der Waals surface area contributed by atoms with Crippen LogP contribution in [-0.2, 0) is 0 Å². The molecule has 0 aliphatic carbocycles. The Morgan fingerprint density at radius 2 is 2.60 bits per heavy atom. The van der Waals surface area contributed by atoms with Gasteiger partial charge in [-0.2, -0.15) is 0 Å². The van der Waals surface area contributed by atoms with E-state index in [2.05, 4.69) is 9.68 Å². The van der Waals surface area contributed by atoms with Gasteiger partial charge in [0, 0.05) is 6.20 Å². The molecule has 0 aromatic carbocycles. The van der Waals surface area contributed by atoms with E-state index in [4.69, 9.17) is 5.41 Å². The van der Waals surface area contributed by atoms with Crippen molar-refractivity contribution in [1.82, 2.24) is 9.72 Å². The van der Waals surface area contributed by atoms with Crippen LogP contribution in [0.3, 0.4) is 0 Å². The fourth-order valence-electron chi connectivity index (χ4n) is 0.893. The second kappa shape index (κ2) is 1.70. The Kier molecular flexibility index (Phi) is 0.887. The van der Waals surface area contributed by atoms with Crippen LogP contribution < -0.4 is 0 Å². The first kappa shape index (κ1) is 5.22. The average Bonchev–Trinajstić information content (AvgIpc) is 2.44. The molecular weight excluding hydrogens is 130 g/mol. The highest BCUT2D eigenvalue weighted by Crippen LogP contribution is 2.10. The third-order valence-electron chi connectivity index (χ3n) is 1.39. The monoisotopic (exact) mass is 135 g/mol. The van der Waals surface area contributed by atoms with Crippen molar-refractivity contribution in [2.24, 2.45) is 0 Å². The number of nitrogens with zero attached hydrogens (tertiary/aromatic N) is 2. The first-order valence-corrected chi connectivity index (χ1v) is 2.83. The number of hydrogen-bond acceptors (Lipinski definition) is 3. The maximum atomic E-state index is 6.95. The summed E-state index contributed by atoms with van der Waals surface area (Å²) in [5, 5.41) is 10.6. The molecule has 1 N–H and O–H groups in total. The number of nitrogens with one attached hydrogen (secondary N) is 1. The summed E-state index contributed by atoms with van der Waals surface area (Å²) in [5.74, 6) is 0. The van der Waals surface area contributed by atoms with E-state index in [1.54, 1.807) is 16.8 Å². The van der Waals surface area contributed by atoms with Gasteiger partial charge in [0.2, 0.25) is 0 Å². The van der Waals surface area contributed by atoms with Gasteiger partial charge < -0.3 is 9.09 Å². The summed E-state index contributed by atoms with van der Waals surface area (Å²) in [6, 6.07) is 1.80. The summed E-state index contributed by atoms with van der Waals surface area (Å²) in [4.78, 5) is 0. The van der Waals surface area contributed by atoms with Crippen molar-refractivity contribution >= 4 is 17.4 Å². The van der Waals surface area contributed by atoms with Crippen LogP contribution in [0.1, 0.15) is 0 Å². The molecule has 0 aliphatic rings. The van der Waals surface area contributed by atoms with Crippen molar-refractivity contribution < 1.29 is 4.52 Å². The van der Waals surface area contributed by atoms with Gasteiger partial charge in [0.15, 0.2) is 0 Å². The van der Waals surface area contributed by atoms with E-state index in [0.717, 1.165) is 11.0 Å². The van der Waals surface area contributed by atoms with Gasteiger partial charge in [-0.1, -0.05) is 5.16 Å². The van der Waals surface area contributed by atoms with E-state index < -0.39 is 0 Å². The van der Waals surface area contributed by atoms with Crippen molar-refractivity contribution in [3.63, 3.8) is 0 Å². The Labute approximate surface area is 56.5 Å². The SMILES string of the molecule is N=Cn1ccc2nocc21. The van der Waals surface area contributed by atoms with Crippen molar-refractivity contribution in [1.29, 1.82) is 5.41 Å². The fourth-order valence-corrected chi connectivity index (χ4v) is 0.893. The molecular formula is C6H5N3O. The molecule has 0 saturated heterocycles. The van der Waals surface area contributed by atoms with E-state index >= 15 is 0 Å². The van der Waals surface area contributed by atoms with Gasteiger partial charge in [0.25, 0.3) is 0 Å². The van der Waals surface area contributed by atoms with Crippen LogP contribution in [-0.4, -0.2) is 16.1 Å². The second-order valence-electron chi connectivity index (χ2n) is 1.94. The fraction of sp³-hybridized carbons (Fsp3) is 0. The minimum Gasteiger partial charge on any atom is -0.362 e. The lowest BCUT2D eigenvalue weighted by molar-refractivity contribution is 0.427. The molecule has 0 aliphatic heterocycles. The molecule has 10 heavy (non-hydrogen) atoms. The predicted octanol–water partition coefficient (Wildman–Crippen LogP) is 1.08. The molecule has 0 saturated carbocycles. The summed E-state index contributed by atoms with van der Waals surface area (Å²) in [6.45, 7) is 0. The molecule has 2 heterocycles. The highest BCUT2D eigenvalue weighted by Gasteiger charge is 2.00. The van der Waals surface area contributed by atoms with Gasteiger partial charge in [0.05, 0.1) is 6.34 Å². The van der Waals surface area contributed by atoms with Crippen molar-refractivity contribution in [2.75, 3.05) is 0 Å². The molecule has 0 amide bonds. The lowest BCUT2D eigenvalue weighted by Gasteiger charge is -1.85. The lowest BCUT2D eigenvalue weighted by Crippen LogP contribution is -1.87. The Balaban J connectivity index is 2.88. The van der Waals surface area contributed by atoms with Gasteiger partial charge in [0.1, 0.15) is 17.3 Å². The molecule has 4 heteroatoms. The first-order valence-electron chi connectivity index (χ1n) is 2.83. The summed E-state index contributed by atoms with van der Waals surface area (Å²) in [7, 11) is 0. The molecule has 0 atom stereocenters. The van der Waals surface area contributed by atoms with Gasteiger partial charge in [-0.15, -0.1) is 0 Å². The minimum atomic E-state index is 0.781. The number of aromatic nitrogens is 2. The van der Waals surface area contributed by atoms with Crippen molar-refractivity contribution in [2.45, 2.75) is 0 Å². The smallest absolute Gasteiger partial charge is 0.148 e. The van der Waals surface area contributed by atoms with Crippen LogP contribution in [0.2, 0.25) is 0 Å². The molecule has 0 unspecified atom stereocenters. The second-order valence-corrected chi connectivity index (χ2v) is 1.94. The molecule has 0 bridgehead atoms. The average molecular weight is 135 g/mol. The zero-order chi connectivity index (χ0) is 6.97. The number of fused-ring (bicyclic) bond motifs is 1. The van der Waals surface area contributed by atoms with E-state index in [1.807, 2.05) is 0 Å². The molecule has 2 aromatic heterocycles. The van der Waals surface area contributed by atoms with Crippen LogP contribution in [0.5, 0.6) is 0 Å². The summed E-state index contributed by atoms with van der Waals surface area (Å²) >= 11 is 0. The Bertz CT molecular complexity index is 360. The molecule has 0 radical (unpaired) electrons. The number of rotatable bonds is 1. The molecule has 0 fully saturated rings. The zero-order valence-corrected chi connectivity index (χ0v) is 5.11. The normalized spacial score (nSPS) is 10.4. The van der Waals surface area contributed by atoms with Gasteiger partial charge in [-0.05, 0) is 6.07 Å². The van der Waals surface area contributed by atoms with Crippen LogP contribution in [0, 0.1) is 5.41 Å².